The maximum absolute atomic E-state index is 13.3. The lowest BCUT2D eigenvalue weighted by atomic mass is 9.99. The van der Waals surface area contributed by atoms with Gasteiger partial charge < -0.3 is 4.74 Å². The van der Waals surface area contributed by atoms with E-state index in [9.17, 15) is 18.0 Å². The summed E-state index contributed by atoms with van der Waals surface area (Å²) in [5.41, 5.74) is 0.590. The van der Waals surface area contributed by atoms with Gasteiger partial charge in [-0.05, 0) is 48.4 Å². The number of carbonyl (C=O) groups is 1. The van der Waals surface area contributed by atoms with Gasteiger partial charge in [-0.1, -0.05) is 0 Å². The summed E-state index contributed by atoms with van der Waals surface area (Å²) in [4.78, 5) is 11.0. The molecule has 0 amide bonds. The van der Waals surface area contributed by atoms with Gasteiger partial charge in [-0.15, -0.1) is 0 Å². The highest BCUT2D eigenvalue weighted by atomic mass is 19.2. The van der Waals surface area contributed by atoms with Crippen molar-refractivity contribution in [3.63, 3.8) is 0 Å². The standard InChI is InChI=1S/C15H11F3O2/c1-2-20-11-4-3-9(8-19)12(7-11)10-5-13(16)15(18)14(17)6-10/h3-8H,2H2,1H3. The molecule has 0 saturated heterocycles. The Morgan fingerprint density at radius 3 is 2.30 bits per heavy atom. The highest BCUT2D eigenvalue weighted by Crippen LogP contribution is 2.29. The second-order valence-corrected chi connectivity index (χ2v) is 4.05. The van der Waals surface area contributed by atoms with E-state index in [0.29, 0.717) is 18.6 Å². The predicted octanol–water partition coefficient (Wildman–Crippen LogP) is 3.98. The van der Waals surface area contributed by atoms with Crippen LogP contribution in [0, 0.1) is 17.5 Å². The van der Waals surface area contributed by atoms with Crippen molar-refractivity contribution < 1.29 is 22.7 Å². The van der Waals surface area contributed by atoms with Crippen LogP contribution in [-0.2, 0) is 0 Å². The molecule has 104 valence electrons. The lowest BCUT2D eigenvalue weighted by Crippen LogP contribution is -1.96. The van der Waals surface area contributed by atoms with Crippen molar-refractivity contribution in [3.05, 3.63) is 53.3 Å². The summed E-state index contributed by atoms with van der Waals surface area (Å²) in [6.45, 7) is 2.19. The van der Waals surface area contributed by atoms with Crippen LogP contribution in [0.25, 0.3) is 11.1 Å². The van der Waals surface area contributed by atoms with Crippen LogP contribution in [0.3, 0.4) is 0 Å². The van der Waals surface area contributed by atoms with E-state index in [1.54, 1.807) is 13.0 Å². The van der Waals surface area contributed by atoms with Gasteiger partial charge in [0.05, 0.1) is 6.61 Å². The molecule has 5 heteroatoms. The quantitative estimate of drug-likeness (QED) is 0.625. The Balaban J connectivity index is 2.60. The molecular weight excluding hydrogens is 269 g/mol. The molecule has 0 N–H and O–H groups in total. The lowest BCUT2D eigenvalue weighted by molar-refractivity contribution is 0.112. The third-order valence-corrected chi connectivity index (χ3v) is 2.76. The Morgan fingerprint density at radius 1 is 1.10 bits per heavy atom. The van der Waals surface area contributed by atoms with Gasteiger partial charge in [0.1, 0.15) is 5.75 Å². The van der Waals surface area contributed by atoms with Gasteiger partial charge in [0.25, 0.3) is 0 Å². The average molecular weight is 280 g/mol. The molecule has 2 rings (SSSR count). The molecule has 20 heavy (non-hydrogen) atoms. The molecule has 0 heterocycles. The molecule has 0 aliphatic carbocycles. The maximum atomic E-state index is 13.3. The van der Waals surface area contributed by atoms with Crippen molar-refractivity contribution in [2.24, 2.45) is 0 Å². The summed E-state index contributed by atoms with van der Waals surface area (Å²) >= 11 is 0. The van der Waals surface area contributed by atoms with E-state index in [4.69, 9.17) is 4.74 Å². The molecule has 0 bridgehead atoms. The fourth-order valence-electron chi connectivity index (χ4n) is 1.86. The number of aldehydes is 1. The van der Waals surface area contributed by atoms with Crippen LogP contribution in [0.15, 0.2) is 30.3 Å². The van der Waals surface area contributed by atoms with Gasteiger partial charge in [0.15, 0.2) is 23.7 Å². The van der Waals surface area contributed by atoms with Crippen LogP contribution in [0.1, 0.15) is 17.3 Å². The van der Waals surface area contributed by atoms with E-state index in [0.717, 1.165) is 12.1 Å². The van der Waals surface area contributed by atoms with E-state index in [2.05, 4.69) is 0 Å². The van der Waals surface area contributed by atoms with Crippen LogP contribution < -0.4 is 4.74 Å². The zero-order valence-electron chi connectivity index (χ0n) is 10.6. The summed E-state index contributed by atoms with van der Waals surface area (Å²) in [5.74, 6) is -3.70. The predicted molar refractivity (Wildman–Crippen MR) is 68.3 cm³/mol. The normalized spacial score (nSPS) is 10.4. The van der Waals surface area contributed by atoms with Crippen molar-refractivity contribution in [1.29, 1.82) is 0 Å². The van der Waals surface area contributed by atoms with Gasteiger partial charge in [0.2, 0.25) is 0 Å². The van der Waals surface area contributed by atoms with Gasteiger partial charge >= 0.3 is 0 Å². The first-order valence-electron chi connectivity index (χ1n) is 5.93. The summed E-state index contributed by atoms with van der Waals surface area (Å²) in [5, 5.41) is 0. The number of ether oxygens (including phenoxy) is 1. The fraction of sp³-hybridized carbons (Fsp3) is 0.133. The number of hydrogen-bond donors (Lipinski definition) is 0. The SMILES string of the molecule is CCOc1ccc(C=O)c(-c2cc(F)c(F)c(F)c2)c1. The highest BCUT2D eigenvalue weighted by Gasteiger charge is 2.14. The van der Waals surface area contributed by atoms with Gasteiger partial charge in [-0.2, -0.15) is 0 Å². The third-order valence-electron chi connectivity index (χ3n) is 2.76. The summed E-state index contributed by atoms with van der Waals surface area (Å²) in [7, 11) is 0. The number of halogens is 3. The first-order valence-corrected chi connectivity index (χ1v) is 5.93. The van der Waals surface area contributed by atoms with Crippen molar-refractivity contribution in [3.8, 4) is 16.9 Å². The van der Waals surface area contributed by atoms with Gasteiger partial charge in [0, 0.05) is 5.56 Å². The topological polar surface area (TPSA) is 26.3 Å². The molecule has 0 spiro atoms. The monoisotopic (exact) mass is 280 g/mol. The fourth-order valence-corrected chi connectivity index (χ4v) is 1.86. The van der Waals surface area contributed by atoms with Crippen molar-refractivity contribution in [2.75, 3.05) is 6.61 Å². The van der Waals surface area contributed by atoms with E-state index < -0.39 is 17.5 Å². The highest BCUT2D eigenvalue weighted by molar-refractivity contribution is 5.88. The Kier molecular flexibility index (Phi) is 4.08. The summed E-state index contributed by atoms with van der Waals surface area (Å²) < 4.78 is 44.8. The van der Waals surface area contributed by atoms with Crippen LogP contribution in [0.5, 0.6) is 5.75 Å². The zero-order valence-corrected chi connectivity index (χ0v) is 10.6. The molecule has 2 aromatic carbocycles. The maximum Gasteiger partial charge on any atom is 0.194 e. The second-order valence-electron chi connectivity index (χ2n) is 4.05. The molecular formula is C15H11F3O2. The molecule has 0 radical (unpaired) electrons. The minimum Gasteiger partial charge on any atom is -0.494 e. The Hall–Kier alpha value is -2.30. The molecule has 0 aromatic heterocycles. The molecule has 0 atom stereocenters. The zero-order chi connectivity index (χ0) is 14.7. The van der Waals surface area contributed by atoms with Gasteiger partial charge in [-0.25, -0.2) is 13.2 Å². The van der Waals surface area contributed by atoms with Gasteiger partial charge in [-0.3, -0.25) is 4.79 Å². The summed E-state index contributed by atoms with van der Waals surface area (Å²) in [6, 6.07) is 6.23. The largest absolute Gasteiger partial charge is 0.494 e. The van der Waals surface area contributed by atoms with E-state index in [1.807, 2.05) is 0 Å². The number of benzene rings is 2. The first kappa shape index (κ1) is 14.1. The third kappa shape index (κ3) is 2.66. The smallest absolute Gasteiger partial charge is 0.194 e. The van der Waals surface area contributed by atoms with Crippen LogP contribution in [0.2, 0.25) is 0 Å². The van der Waals surface area contributed by atoms with Crippen molar-refractivity contribution in [1.82, 2.24) is 0 Å². The Labute approximate surface area is 113 Å². The lowest BCUT2D eigenvalue weighted by Gasteiger charge is -2.10. The molecule has 0 aliphatic rings. The molecule has 0 unspecified atom stereocenters. The molecule has 0 aliphatic heterocycles. The molecule has 0 fully saturated rings. The number of carbonyl (C=O) groups excluding carboxylic acids is 1. The molecule has 0 saturated carbocycles. The average Bonchev–Trinajstić information content (AvgIpc) is 2.44. The second kappa shape index (κ2) is 5.77. The van der Waals surface area contributed by atoms with E-state index in [-0.39, 0.29) is 16.7 Å². The van der Waals surface area contributed by atoms with Crippen molar-refractivity contribution >= 4 is 6.29 Å². The van der Waals surface area contributed by atoms with Crippen LogP contribution in [0.4, 0.5) is 13.2 Å². The molecule has 2 aromatic rings. The number of rotatable bonds is 4. The molecule has 2 nitrogen and oxygen atoms in total. The number of hydrogen-bond acceptors (Lipinski definition) is 2. The van der Waals surface area contributed by atoms with Crippen LogP contribution >= 0.6 is 0 Å². The van der Waals surface area contributed by atoms with E-state index >= 15 is 0 Å². The minimum absolute atomic E-state index is 0.0741. The summed E-state index contributed by atoms with van der Waals surface area (Å²) in [6.07, 6.45) is 0.560. The van der Waals surface area contributed by atoms with E-state index in [1.165, 1.54) is 12.1 Å². The first-order chi connectivity index (χ1) is 9.56. The Bertz CT molecular complexity index is 631. The minimum atomic E-state index is -1.54. The van der Waals surface area contributed by atoms with Crippen LogP contribution in [-0.4, -0.2) is 12.9 Å². The van der Waals surface area contributed by atoms with Crippen molar-refractivity contribution in [2.45, 2.75) is 6.92 Å². The Morgan fingerprint density at radius 2 is 1.75 bits per heavy atom.